The van der Waals surface area contributed by atoms with Crippen molar-refractivity contribution in [3.63, 3.8) is 0 Å². The lowest BCUT2D eigenvalue weighted by Gasteiger charge is -2.53. The highest BCUT2D eigenvalue weighted by Gasteiger charge is 2.41. The molecule has 198 valence electrons. The summed E-state index contributed by atoms with van der Waals surface area (Å²) in [6.45, 7) is 10.2. The smallest absolute Gasteiger partial charge is 0.151 e. The fraction of sp³-hybridized carbons (Fsp3) is 0.448. The van der Waals surface area contributed by atoms with Crippen molar-refractivity contribution in [3.05, 3.63) is 71.3 Å². The number of hydrogen-bond acceptors (Lipinski definition) is 6. The van der Waals surface area contributed by atoms with Crippen LogP contribution in [0.1, 0.15) is 49.2 Å². The Morgan fingerprint density at radius 3 is 2.55 bits per heavy atom. The molecule has 0 amide bonds. The van der Waals surface area contributed by atoms with Crippen molar-refractivity contribution in [3.8, 4) is 11.1 Å². The number of likely N-dealkylation sites (N-methyl/N-ethyl adjacent to an activating group) is 1. The molecule has 0 radical (unpaired) electrons. The minimum absolute atomic E-state index is 0.0964. The molecule has 2 aliphatic rings. The van der Waals surface area contributed by atoms with Crippen LogP contribution >= 0.6 is 0 Å². The van der Waals surface area contributed by atoms with E-state index < -0.39 is 11.6 Å². The summed E-state index contributed by atoms with van der Waals surface area (Å²) >= 11 is 0. The van der Waals surface area contributed by atoms with Gasteiger partial charge in [-0.2, -0.15) is 0 Å². The van der Waals surface area contributed by atoms with Gasteiger partial charge in [0.05, 0.1) is 18.1 Å². The molecule has 2 saturated heterocycles. The lowest BCUT2D eigenvalue weighted by Crippen LogP contribution is -2.62. The zero-order chi connectivity index (χ0) is 26.6. The Kier molecular flexibility index (Phi) is 6.44. The van der Waals surface area contributed by atoms with Gasteiger partial charge in [-0.05, 0) is 70.5 Å². The number of benzene rings is 1. The lowest BCUT2D eigenvalue weighted by molar-refractivity contribution is -0.0433. The Balaban J connectivity index is 1.20. The van der Waals surface area contributed by atoms with E-state index in [0.717, 1.165) is 36.9 Å². The maximum Gasteiger partial charge on any atom is 0.151 e. The summed E-state index contributed by atoms with van der Waals surface area (Å²) in [5.41, 5.74) is 3.42. The normalized spacial score (nSPS) is 20.2. The third kappa shape index (κ3) is 4.58. The molecule has 9 heteroatoms. The molecule has 0 unspecified atom stereocenters. The Bertz CT molecular complexity index is 1480. The lowest BCUT2D eigenvalue weighted by atomic mass is 9.82. The zero-order valence-corrected chi connectivity index (χ0v) is 22.3. The summed E-state index contributed by atoms with van der Waals surface area (Å²) in [5.74, 6) is 1.19. The summed E-state index contributed by atoms with van der Waals surface area (Å²) in [6.07, 6.45) is 6.59. The Morgan fingerprint density at radius 1 is 1.00 bits per heavy atom. The number of piperidine rings is 1. The predicted molar refractivity (Wildman–Crippen MR) is 143 cm³/mol. The standard InChI is InChI=1S/C29H33F2N7/c1-17(2)38-18(3)35-29-24(30)7-21(8-26(29)38)23-9-22(32-13-25(23)31)10-28-33-11-19(12-34-28)14-37-15-20-5-6-36(4)16-27(20)37/h7-9,11-13,17,20,27H,5-6,10,14-16H2,1-4H3/t20-,27-/m0/s1. The number of nitrogens with zero attached hydrogens (tertiary/aromatic N) is 7. The van der Waals surface area contributed by atoms with E-state index in [4.69, 9.17) is 0 Å². The number of hydrogen-bond donors (Lipinski definition) is 0. The van der Waals surface area contributed by atoms with E-state index >= 15 is 0 Å². The summed E-state index contributed by atoms with van der Waals surface area (Å²) in [6, 6.07) is 5.53. The van der Waals surface area contributed by atoms with Crippen molar-refractivity contribution in [2.45, 2.75) is 52.2 Å². The molecule has 2 aliphatic heterocycles. The molecule has 0 N–H and O–H groups in total. The van der Waals surface area contributed by atoms with Crippen LogP contribution < -0.4 is 0 Å². The first kappa shape index (κ1) is 25.0. The third-order valence-electron chi connectivity index (χ3n) is 8.01. The van der Waals surface area contributed by atoms with Gasteiger partial charge in [-0.25, -0.2) is 23.7 Å². The van der Waals surface area contributed by atoms with Gasteiger partial charge in [0, 0.05) is 60.9 Å². The van der Waals surface area contributed by atoms with Crippen LogP contribution in [0, 0.1) is 24.5 Å². The molecule has 5 heterocycles. The van der Waals surface area contributed by atoms with Crippen molar-refractivity contribution in [1.29, 1.82) is 0 Å². The van der Waals surface area contributed by atoms with Gasteiger partial charge in [0.15, 0.2) is 5.82 Å². The Morgan fingerprint density at radius 2 is 1.79 bits per heavy atom. The van der Waals surface area contributed by atoms with E-state index in [1.165, 1.54) is 25.2 Å². The average molecular weight is 518 g/mol. The Labute approximate surface area is 221 Å². The molecule has 6 rings (SSSR count). The first-order valence-corrected chi connectivity index (χ1v) is 13.3. The van der Waals surface area contributed by atoms with Crippen LogP contribution in [-0.2, 0) is 13.0 Å². The molecule has 1 aromatic carbocycles. The van der Waals surface area contributed by atoms with Crippen LogP contribution in [-0.4, -0.2) is 67.0 Å². The number of imidazole rings is 1. The van der Waals surface area contributed by atoms with Crippen LogP contribution in [0.4, 0.5) is 8.78 Å². The molecular weight excluding hydrogens is 484 g/mol. The van der Waals surface area contributed by atoms with Gasteiger partial charge in [0.25, 0.3) is 0 Å². The SMILES string of the molecule is Cc1nc2c(F)cc(-c3cc(Cc4ncc(CN5C[C@@H]6CCN(C)C[C@@H]65)cn4)ncc3F)cc2n1C(C)C. The highest BCUT2D eigenvalue weighted by molar-refractivity contribution is 5.83. The average Bonchev–Trinajstić information content (AvgIpc) is 3.22. The topological polar surface area (TPSA) is 63.0 Å². The molecule has 0 bridgehead atoms. The van der Waals surface area contributed by atoms with Crippen LogP contribution in [0.15, 0.2) is 36.8 Å². The largest absolute Gasteiger partial charge is 0.326 e. The molecular formula is C29H33F2N7. The van der Waals surface area contributed by atoms with Crippen LogP contribution in [0.25, 0.3) is 22.2 Å². The van der Waals surface area contributed by atoms with Gasteiger partial charge in [-0.3, -0.25) is 9.88 Å². The molecule has 0 aliphatic carbocycles. The molecule has 0 spiro atoms. The maximum atomic E-state index is 15.0. The monoisotopic (exact) mass is 517 g/mol. The number of likely N-dealkylation sites (tertiary alicyclic amines) is 2. The summed E-state index contributed by atoms with van der Waals surface area (Å²) < 4.78 is 31.9. The van der Waals surface area contributed by atoms with E-state index in [0.29, 0.717) is 46.1 Å². The van der Waals surface area contributed by atoms with Gasteiger partial charge in [-0.1, -0.05) is 0 Å². The van der Waals surface area contributed by atoms with E-state index in [-0.39, 0.29) is 6.04 Å². The zero-order valence-electron chi connectivity index (χ0n) is 22.3. The minimum atomic E-state index is -0.502. The van der Waals surface area contributed by atoms with Crippen LogP contribution in [0.2, 0.25) is 0 Å². The minimum Gasteiger partial charge on any atom is -0.326 e. The summed E-state index contributed by atoms with van der Waals surface area (Å²) in [7, 11) is 2.19. The Hall–Kier alpha value is -3.30. The first-order chi connectivity index (χ1) is 18.3. The second-order valence-electron chi connectivity index (χ2n) is 11.1. The second kappa shape index (κ2) is 9.78. The molecule has 0 saturated carbocycles. The highest BCUT2D eigenvalue weighted by Crippen LogP contribution is 2.33. The molecule has 2 atom stereocenters. The number of pyridine rings is 1. The quantitative estimate of drug-likeness (QED) is 0.367. The van der Waals surface area contributed by atoms with Crippen molar-refractivity contribution < 1.29 is 8.78 Å². The van der Waals surface area contributed by atoms with Crippen molar-refractivity contribution >= 4 is 11.0 Å². The predicted octanol–water partition coefficient (Wildman–Crippen LogP) is 4.78. The van der Waals surface area contributed by atoms with Gasteiger partial charge in [0.2, 0.25) is 0 Å². The molecule has 2 fully saturated rings. The highest BCUT2D eigenvalue weighted by atomic mass is 19.1. The van der Waals surface area contributed by atoms with Gasteiger partial charge in [-0.15, -0.1) is 0 Å². The molecule has 3 aromatic heterocycles. The van der Waals surface area contributed by atoms with Crippen molar-refractivity contribution in [2.24, 2.45) is 5.92 Å². The number of rotatable bonds is 6. The van der Waals surface area contributed by atoms with Gasteiger partial charge in [0.1, 0.15) is 23.0 Å². The van der Waals surface area contributed by atoms with E-state index in [2.05, 4.69) is 36.8 Å². The van der Waals surface area contributed by atoms with Gasteiger partial charge >= 0.3 is 0 Å². The van der Waals surface area contributed by atoms with Crippen molar-refractivity contribution in [2.75, 3.05) is 26.7 Å². The fourth-order valence-corrected chi connectivity index (χ4v) is 6.07. The van der Waals surface area contributed by atoms with Crippen LogP contribution in [0.3, 0.4) is 0 Å². The number of aryl methyl sites for hydroxylation is 1. The molecule has 7 nitrogen and oxygen atoms in total. The van der Waals surface area contributed by atoms with Crippen LogP contribution in [0.5, 0.6) is 0 Å². The fourth-order valence-electron chi connectivity index (χ4n) is 6.07. The molecule has 4 aromatic rings. The first-order valence-electron chi connectivity index (χ1n) is 13.3. The van der Waals surface area contributed by atoms with E-state index in [1.54, 1.807) is 12.1 Å². The maximum absolute atomic E-state index is 15.0. The number of aromatic nitrogens is 5. The van der Waals surface area contributed by atoms with Gasteiger partial charge < -0.3 is 9.47 Å². The summed E-state index contributed by atoms with van der Waals surface area (Å²) in [5, 5.41) is 0. The van der Waals surface area contributed by atoms with E-state index in [9.17, 15) is 8.78 Å². The number of fused-ring (bicyclic) bond motifs is 2. The molecule has 38 heavy (non-hydrogen) atoms. The van der Waals surface area contributed by atoms with Crippen molar-refractivity contribution in [1.82, 2.24) is 34.3 Å². The second-order valence-corrected chi connectivity index (χ2v) is 11.1. The third-order valence-corrected chi connectivity index (χ3v) is 8.01. The summed E-state index contributed by atoms with van der Waals surface area (Å²) in [4.78, 5) is 22.7. The van der Waals surface area contributed by atoms with E-state index in [1.807, 2.05) is 37.7 Å². The number of halogens is 2.